The van der Waals surface area contributed by atoms with Crippen LogP contribution in [0.1, 0.15) is 52.9 Å². The molecule has 0 aliphatic heterocycles. The molecule has 0 amide bonds. The van der Waals surface area contributed by atoms with Crippen molar-refractivity contribution in [3.63, 3.8) is 0 Å². The molecule has 0 fully saturated rings. The minimum Gasteiger partial charge on any atom is -0.464 e. The fourth-order valence-corrected chi connectivity index (χ4v) is 1.45. The van der Waals surface area contributed by atoms with Crippen LogP contribution < -0.4 is 5.73 Å². The van der Waals surface area contributed by atoms with Crippen molar-refractivity contribution in [2.45, 2.75) is 58.9 Å². The topological polar surface area (TPSA) is 52.3 Å². The number of hydrogen-bond donors (Lipinski definition) is 1. The number of carbonyl (C=O) groups is 1. The Kier molecular flexibility index (Phi) is 8.38. The van der Waals surface area contributed by atoms with E-state index in [1.807, 2.05) is 0 Å². The van der Waals surface area contributed by atoms with E-state index >= 15 is 0 Å². The highest BCUT2D eigenvalue weighted by Crippen LogP contribution is 2.06. The number of rotatable bonds is 8. The summed E-state index contributed by atoms with van der Waals surface area (Å²) in [6.45, 7) is 6.81. The molecule has 0 rings (SSSR count). The first-order valence-corrected chi connectivity index (χ1v) is 6.04. The summed E-state index contributed by atoms with van der Waals surface area (Å²) in [5.41, 5.74) is 5.69. The fourth-order valence-electron chi connectivity index (χ4n) is 1.45. The summed E-state index contributed by atoms with van der Waals surface area (Å²) in [6.07, 6.45) is 5.00. The molecule has 3 nitrogen and oxygen atoms in total. The van der Waals surface area contributed by atoms with Crippen LogP contribution in [-0.2, 0) is 9.53 Å². The molecule has 0 aromatic heterocycles. The third kappa shape index (κ3) is 7.37. The van der Waals surface area contributed by atoms with E-state index in [0.29, 0.717) is 12.5 Å². The predicted molar refractivity (Wildman–Crippen MR) is 62.5 cm³/mol. The number of hydrogen-bond acceptors (Lipinski definition) is 3. The van der Waals surface area contributed by atoms with Crippen LogP contribution in [0.4, 0.5) is 0 Å². The molecule has 2 atom stereocenters. The molecule has 0 heterocycles. The van der Waals surface area contributed by atoms with Gasteiger partial charge in [0.15, 0.2) is 0 Å². The molecule has 0 saturated carbocycles. The zero-order valence-corrected chi connectivity index (χ0v) is 10.3. The number of nitrogens with two attached hydrogens (primary N) is 1. The van der Waals surface area contributed by atoms with Crippen molar-refractivity contribution in [1.29, 1.82) is 0 Å². The van der Waals surface area contributed by atoms with Gasteiger partial charge in [-0.2, -0.15) is 0 Å². The summed E-state index contributed by atoms with van der Waals surface area (Å²) in [4.78, 5) is 11.4. The van der Waals surface area contributed by atoms with E-state index in [-0.39, 0.29) is 5.97 Å². The average Bonchev–Trinajstić information content (AvgIpc) is 2.22. The molecular weight excluding hydrogens is 190 g/mol. The summed E-state index contributed by atoms with van der Waals surface area (Å²) in [6, 6.07) is -0.432. The van der Waals surface area contributed by atoms with Gasteiger partial charge in [-0.1, -0.05) is 40.0 Å². The SMILES string of the molecule is CCCCC(N)C(=O)OCC(C)CCC. The van der Waals surface area contributed by atoms with Gasteiger partial charge in [0, 0.05) is 0 Å². The first kappa shape index (κ1) is 14.4. The van der Waals surface area contributed by atoms with Crippen LogP contribution in [0.5, 0.6) is 0 Å². The Hall–Kier alpha value is -0.570. The Morgan fingerprint density at radius 3 is 2.47 bits per heavy atom. The van der Waals surface area contributed by atoms with Gasteiger partial charge >= 0.3 is 5.97 Å². The quantitative estimate of drug-likeness (QED) is 0.633. The van der Waals surface area contributed by atoms with E-state index in [4.69, 9.17) is 10.5 Å². The van der Waals surface area contributed by atoms with Crippen LogP contribution in [-0.4, -0.2) is 18.6 Å². The van der Waals surface area contributed by atoms with E-state index in [9.17, 15) is 4.79 Å². The molecule has 0 radical (unpaired) electrons. The van der Waals surface area contributed by atoms with Gasteiger partial charge in [-0.15, -0.1) is 0 Å². The van der Waals surface area contributed by atoms with E-state index in [2.05, 4.69) is 20.8 Å². The van der Waals surface area contributed by atoms with Crippen molar-refractivity contribution < 1.29 is 9.53 Å². The third-order valence-electron chi connectivity index (χ3n) is 2.46. The van der Waals surface area contributed by atoms with Gasteiger partial charge < -0.3 is 10.5 Å². The summed E-state index contributed by atoms with van der Waals surface area (Å²) < 4.78 is 5.15. The van der Waals surface area contributed by atoms with Crippen molar-refractivity contribution in [3.8, 4) is 0 Å². The van der Waals surface area contributed by atoms with Crippen molar-refractivity contribution in [2.75, 3.05) is 6.61 Å². The molecule has 15 heavy (non-hydrogen) atoms. The Labute approximate surface area is 93.4 Å². The van der Waals surface area contributed by atoms with Crippen LogP contribution >= 0.6 is 0 Å². The maximum absolute atomic E-state index is 11.4. The summed E-state index contributed by atoms with van der Waals surface area (Å²) >= 11 is 0. The molecule has 0 aliphatic carbocycles. The van der Waals surface area contributed by atoms with Gasteiger partial charge in [0.25, 0.3) is 0 Å². The molecule has 0 spiro atoms. The van der Waals surface area contributed by atoms with E-state index in [1.165, 1.54) is 0 Å². The number of ether oxygens (including phenoxy) is 1. The molecule has 3 heteroatoms. The lowest BCUT2D eigenvalue weighted by Gasteiger charge is -2.14. The minimum atomic E-state index is -0.432. The zero-order chi connectivity index (χ0) is 11.7. The first-order valence-electron chi connectivity index (χ1n) is 6.04. The molecule has 0 aromatic carbocycles. The fraction of sp³-hybridized carbons (Fsp3) is 0.917. The molecule has 0 bridgehead atoms. The summed E-state index contributed by atoms with van der Waals surface area (Å²) in [5, 5.41) is 0. The monoisotopic (exact) mass is 215 g/mol. The van der Waals surface area contributed by atoms with Gasteiger partial charge in [-0.3, -0.25) is 4.79 Å². The second-order valence-corrected chi connectivity index (χ2v) is 4.27. The Bertz CT molecular complexity index is 171. The Balaban J connectivity index is 3.63. The predicted octanol–water partition coefficient (Wildman–Crippen LogP) is 2.48. The highest BCUT2D eigenvalue weighted by molar-refractivity contribution is 5.75. The molecule has 0 aliphatic rings. The Morgan fingerprint density at radius 2 is 1.93 bits per heavy atom. The standard InChI is InChI=1S/C12H25NO2/c1-4-6-8-11(13)12(14)15-9-10(3)7-5-2/h10-11H,4-9,13H2,1-3H3. The number of esters is 1. The van der Waals surface area contributed by atoms with Crippen LogP contribution in [0, 0.1) is 5.92 Å². The van der Waals surface area contributed by atoms with Crippen LogP contribution in [0.25, 0.3) is 0 Å². The molecule has 0 saturated heterocycles. The number of unbranched alkanes of at least 4 members (excludes halogenated alkanes) is 1. The maximum Gasteiger partial charge on any atom is 0.322 e. The van der Waals surface area contributed by atoms with Crippen LogP contribution in [0.2, 0.25) is 0 Å². The van der Waals surface area contributed by atoms with Gasteiger partial charge in [-0.25, -0.2) is 0 Å². The van der Waals surface area contributed by atoms with Crippen molar-refractivity contribution in [1.82, 2.24) is 0 Å². The highest BCUT2D eigenvalue weighted by Gasteiger charge is 2.15. The van der Waals surface area contributed by atoms with Gasteiger partial charge in [0.2, 0.25) is 0 Å². The lowest BCUT2D eigenvalue weighted by atomic mass is 10.1. The van der Waals surface area contributed by atoms with E-state index in [0.717, 1.165) is 32.1 Å². The lowest BCUT2D eigenvalue weighted by molar-refractivity contribution is -0.146. The van der Waals surface area contributed by atoms with Crippen molar-refractivity contribution in [3.05, 3.63) is 0 Å². The highest BCUT2D eigenvalue weighted by atomic mass is 16.5. The largest absolute Gasteiger partial charge is 0.464 e. The third-order valence-corrected chi connectivity index (χ3v) is 2.46. The maximum atomic E-state index is 11.4. The second kappa shape index (κ2) is 8.72. The van der Waals surface area contributed by atoms with Crippen LogP contribution in [0.15, 0.2) is 0 Å². The minimum absolute atomic E-state index is 0.244. The zero-order valence-electron chi connectivity index (χ0n) is 10.3. The molecular formula is C12H25NO2. The lowest BCUT2D eigenvalue weighted by Crippen LogP contribution is -2.33. The first-order chi connectivity index (χ1) is 7.11. The normalized spacial score (nSPS) is 14.7. The van der Waals surface area contributed by atoms with Gasteiger partial charge in [-0.05, 0) is 18.8 Å². The Morgan fingerprint density at radius 1 is 1.27 bits per heavy atom. The van der Waals surface area contributed by atoms with Gasteiger partial charge in [0.1, 0.15) is 6.04 Å². The number of carbonyl (C=O) groups excluding carboxylic acids is 1. The summed E-state index contributed by atoms with van der Waals surface area (Å²) in [5.74, 6) is 0.198. The summed E-state index contributed by atoms with van der Waals surface area (Å²) in [7, 11) is 0. The molecule has 0 aromatic rings. The van der Waals surface area contributed by atoms with E-state index < -0.39 is 6.04 Å². The van der Waals surface area contributed by atoms with Crippen molar-refractivity contribution >= 4 is 5.97 Å². The average molecular weight is 215 g/mol. The molecule has 90 valence electrons. The van der Waals surface area contributed by atoms with E-state index in [1.54, 1.807) is 0 Å². The second-order valence-electron chi connectivity index (χ2n) is 4.27. The van der Waals surface area contributed by atoms with Crippen molar-refractivity contribution in [2.24, 2.45) is 11.7 Å². The van der Waals surface area contributed by atoms with Gasteiger partial charge in [0.05, 0.1) is 6.61 Å². The smallest absolute Gasteiger partial charge is 0.322 e. The molecule has 2 unspecified atom stereocenters. The molecule has 2 N–H and O–H groups in total. The van der Waals surface area contributed by atoms with Crippen LogP contribution in [0.3, 0.4) is 0 Å².